The average Bonchev–Trinajstić information content (AvgIpc) is 2.71. The van der Waals surface area contributed by atoms with E-state index in [2.05, 4.69) is 10.1 Å². The predicted octanol–water partition coefficient (Wildman–Crippen LogP) is 3.45. The van der Waals surface area contributed by atoms with Crippen molar-refractivity contribution < 1.29 is 0 Å². The average molecular weight is 266 g/mol. The first-order chi connectivity index (χ1) is 8.11. The van der Waals surface area contributed by atoms with Gasteiger partial charge in [-0.05, 0) is 26.0 Å². The van der Waals surface area contributed by atoms with E-state index in [9.17, 15) is 0 Å². The summed E-state index contributed by atoms with van der Waals surface area (Å²) in [5.41, 5.74) is 2.81. The molecule has 0 spiro atoms. The van der Waals surface area contributed by atoms with Crippen molar-refractivity contribution >= 4 is 28.6 Å². The van der Waals surface area contributed by atoms with Crippen LogP contribution in [0.25, 0.3) is 10.6 Å². The zero-order valence-corrected chi connectivity index (χ0v) is 11.1. The number of thiazole rings is 1. The molecule has 0 atom stereocenters. The molecule has 3 nitrogen and oxygen atoms in total. The Hall–Kier alpha value is -1.39. The van der Waals surface area contributed by atoms with Crippen molar-refractivity contribution in [1.29, 1.82) is 0 Å². The largest absolute Gasteiger partial charge is 0.323 e. The monoisotopic (exact) mass is 265 g/mol. The highest BCUT2D eigenvalue weighted by Gasteiger charge is 2.11. The normalized spacial score (nSPS) is 11.8. The van der Waals surface area contributed by atoms with E-state index in [-0.39, 0.29) is 0 Å². The number of rotatable bonds is 2. The van der Waals surface area contributed by atoms with Gasteiger partial charge in [-0.25, -0.2) is 4.98 Å². The van der Waals surface area contributed by atoms with Crippen LogP contribution in [0.15, 0.2) is 29.4 Å². The van der Waals surface area contributed by atoms with Gasteiger partial charge < -0.3 is 5.84 Å². The SMILES string of the molecule is C/C(=N\N)c1sc(-c2ccc(Cl)cc2)nc1C. The lowest BCUT2D eigenvalue weighted by molar-refractivity contribution is 1.22. The third kappa shape index (κ3) is 2.48. The van der Waals surface area contributed by atoms with Gasteiger partial charge in [0.2, 0.25) is 0 Å². The van der Waals surface area contributed by atoms with E-state index in [1.54, 1.807) is 11.3 Å². The number of nitrogens with two attached hydrogens (primary N) is 1. The van der Waals surface area contributed by atoms with E-state index in [1.807, 2.05) is 38.1 Å². The predicted molar refractivity (Wildman–Crippen MR) is 73.7 cm³/mol. The maximum absolute atomic E-state index is 5.86. The number of benzene rings is 1. The summed E-state index contributed by atoms with van der Waals surface area (Å²) >= 11 is 7.44. The second-order valence-electron chi connectivity index (χ2n) is 3.65. The Balaban J connectivity index is 2.44. The summed E-state index contributed by atoms with van der Waals surface area (Å²) < 4.78 is 0. The molecular formula is C12H12ClN3S. The van der Waals surface area contributed by atoms with Crippen molar-refractivity contribution in [3.8, 4) is 10.6 Å². The minimum absolute atomic E-state index is 0.724. The molecule has 0 aliphatic rings. The fourth-order valence-corrected chi connectivity index (χ4v) is 2.66. The van der Waals surface area contributed by atoms with Crippen LogP contribution >= 0.6 is 22.9 Å². The van der Waals surface area contributed by atoms with Gasteiger partial charge in [-0.15, -0.1) is 11.3 Å². The molecule has 0 saturated heterocycles. The molecule has 2 aromatic rings. The van der Waals surface area contributed by atoms with Crippen molar-refractivity contribution in [2.24, 2.45) is 10.9 Å². The fraction of sp³-hybridized carbons (Fsp3) is 0.167. The molecule has 1 aromatic carbocycles. The van der Waals surface area contributed by atoms with Gasteiger partial charge in [0, 0.05) is 10.6 Å². The Morgan fingerprint density at radius 2 is 2.00 bits per heavy atom. The Morgan fingerprint density at radius 3 is 2.59 bits per heavy atom. The first-order valence-corrected chi connectivity index (χ1v) is 6.29. The van der Waals surface area contributed by atoms with Gasteiger partial charge in [-0.1, -0.05) is 23.7 Å². The number of hydrazone groups is 1. The minimum Gasteiger partial charge on any atom is -0.323 e. The summed E-state index contributed by atoms with van der Waals surface area (Å²) in [6.07, 6.45) is 0. The maximum Gasteiger partial charge on any atom is 0.124 e. The van der Waals surface area contributed by atoms with Crippen LogP contribution in [0.5, 0.6) is 0 Å². The minimum atomic E-state index is 0.724. The molecule has 1 heterocycles. The molecule has 0 aliphatic heterocycles. The summed E-state index contributed by atoms with van der Waals surface area (Å²) in [5, 5.41) is 5.39. The quantitative estimate of drug-likeness (QED) is 0.514. The van der Waals surface area contributed by atoms with Crippen molar-refractivity contribution in [2.75, 3.05) is 0 Å². The molecule has 0 unspecified atom stereocenters. The lowest BCUT2D eigenvalue weighted by Crippen LogP contribution is -1.97. The highest BCUT2D eigenvalue weighted by molar-refractivity contribution is 7.17. The highest BCUT2D eigenvalue weighted by atomic mass is 35.5. The molecule has 88 valence electrons. The molecule has 0 aliphatic carbocycles. The second kappa shape index (κ2) is 4.85. The van der Waals surface area contributed by atoms with Gasteiger partial charge >= 0.3 is 0 Å². The van der Waals surface area contributed by atoms with E-state index in [0.717, 1.165) is 31.9 Å². The lowest BCUT2D eigenvalue weighted by Gasteiger charge is -1.95. The maximum atomic E-state index is 5.86. The van der Waals surface area contributed by atoms with Gasteiger partial charge in [-0.2, -0.15) is 5.10 Å². The molecule has 1 aromatic heterocycles. The van der Waals surface area contributed by atoms with Crippen LogP contribution in [0.3, 0.4) is 0 Å². The van der Waals surface area contributed by atoms with Crippen molar-refractivity contribution in [1.82, 2.24) is 4.98 Å². The van der Waals surface area contributed by atoms with Crippen LogP contribution in [0.1, 0.15) is 17.5 Å². The van der Waals surface area contributed by atoms with Gasteiger partial charge in [0.15, 0.2) is 0 Å². The standard InChI is InChI=1S/C12H12ClN3S/c1-7-11(8(2)16-14)17-12(15-7)9-3-5-10(13)6-4-9/h3-6H,14H2,1-2H3/b16-8+. The number of hydrogen-bond donors (Lipinski definition) is 1. The number of nitrogens with zero attached hydrogens (tertiary/aromatic N) is 2. The molecule has 0 amide bonds. The number of aromatic nitrogens is 1. The summed E-state index contributed by atoms with van der Waals surface area (Å²) in [5.74, 6) is 5.29. The second-order valence-corrected chi connectivity index (χ2v) is 5.09. The number of halogens is 1. The third-order valence-corrected chi connectivity index (χ3v) is 3.98. The molecule has 5 heteroatoms. The van der Waals surface area contributed by atoms with Crippen molar-refractivity contribution in [3.63, 3.8) is 0 Å². The van der Waals surface area contributed by atoms with Crippen LogP contribution in [0.2, 0.25) is 5.02 Å². The third-order valence-electron chi connectivity index (χ3n) is 2.41. The number of aryl methyl sites for hydroxylation is 1. The van der Waals surface area contributed by atoms with Crippen LogP contribution in [0.4, 0.5) is 0 Å². The van der Waals surface area contributed by atoms with E-state index in [0.29, 0.717) is 0 Å². The first-order valence-electron chi connectivity index (χ1n) is 5.10. The molecule has 0 radical (unpaired) electrons. The number of hydrogen-bond acceptors (Lipinski definition) is 4. The van der Waals surface area contributed by atoms with Gasteiger partial charge in [-0.3, -0.25) is 0 Å². The summed E-state index contributed by atoms with van der Waals surface area (Å²) in [4.78, 5) is 5.54. The zero-order chi connectivity index (χ0) is 12.4. The fourth-order valence-electron chi connectivity index (χ4n) is 1.51. The van der Waals surface area contributed by atoms with Crippen LogP contribution < -0.4 is 5.84 Å². The summed E-state index contributed by atoms with van der Waals surface area (Å²) in [7, 11) is 0. The Labute approximate surface area is 109 Å². The lowest BCUT2D eigenvalue weighted by atomic mass is 10.2. The van der Waals surface area contributed by atoms with E-state index < -0.39 is 0 Å². The van der Waals surface area contributed by atoms with Gasteiger partial charge in [0.25, 0.3) is 0 Å². The van der Waals surface area contributed by atoms with Crippen molar-refractivity contribution in [2.45, 2.75) is 13.8 Å². The molecule has 2 N–H and O–H groups in total. The molecule has 0 fully saturated rings. The van der Waals surface area contributed by atoms with Crippen LogP contribution in [-0.2, 0) is 0 Å². The highest BCUT2D eigenvalue weighted by Crippen LogP contribution is 2.29. The Bertz CT molecular complexity index is 558. The first kappa shape index (κ1) is 12.1. The van der Waals surface area contributed by atoms with E-state index in [1.165, 1.54) is 0 Å². The van der Waals surface area contributed by atoms with Crippen LogP contribution in [-0.4, -0.2) is 10.7 Å². The van der Waals surface area contributed by atoms with Gasteiger partial charge in [0.1, 0.15) is 5.01 Å². The van der Waals surface area contributed by atoms with Gasteiger partial charge in [0.05, 0.1) is 16.3 Å². The summed E-state index contributed by atoms with van der Waals surface area (Å²) in [6.45, 7) is 3.84. The molecule has 17 heavy (non-hydrogen) atoms. The summed E-state index contributed by atoms with van der Waals surface area (Å²) in [6, 6.07) is 7.63. The Kier molecular flexibility index (Phi) is 3.45. The molecule has 0 saturated carbocycles. The molecule has 0 bridgehead atoms. The zero-order valence-electron chi connectivity index (χ0n) is 9.57. The topological polar surface area (TPSA) is 51.3 Å². The molecule has 2 rings (SSSR count). The Morgan fingerprint density at radius 1 is 1.35 bits per heavy atom. The van der Waals surface area contributed by atoms with E-state index in [4.69, 9.17) is 17.4 Å². The van der Waals surface area contributed by atoms with Crippen molar-refractivity contribution in [3.05, 3.63) is 39.9 Å². The smallest absolute Gasteiger partial charge is 0.124 e. The van der Waals surface area contributed by atoms with Crippen LogP contribution in [0, 0.1) is 6.92 Å². The van der Waals surface area contributed by atoms with E-state index >= 15 is 0 Å². The molecular weight excluding hydrogens is 254 g/mol.